The first-order chi connectivity index (χ1) is 10.4. The summed E-state index contributed by atoms with van der Waals surface area (Å²) >= 11 is 0.678. The Hall–Kier alpha value is -1.75. The zero-order chi connectivity index (χ0) is 16.5. The Morgan fingerprint density at radius 2 is 1.32 bits per heavy atom. The number of nitrogens with zero attached hydrogens (tertiary/aromatic N) is 3. The van der Waals surface area contributed by atoms with Gasteiger partial charge in [0.2, 0.25) is 0 Å². The molecule has 6 heteroatoms. The SMILES string of the molecule is CC(=O)O.CN(C)c1ccc(N=Nc2cc[c]([Hg])cc2)cc1. The molecule has 2 aromatic rings. The number of carboxylic acids is 1. The van der Waals surface area contributed by atoms with Gasteiger partial charge in [0.25, 0.3) is 5.97 Å². The zero-order valence-electron chi connectivity index (χ0n) is 13.0. The third-order valence-corrected chi connectivity index (χ3v) is 4.42. The molecule has 0 amide bonds. The molecule has 0 bridgehead atoms. The van der Waals surface area contributed by atoms with Crippen molar-refractivity contribution in [1.29, 1.82) is 0 Å². The van der Waals surface area contributed by atoms with Crippen molar-refractivity contribution in [3.05, 3.63) is 48.5 Å². The number of hydrogen-bond acceptors (Lipinski definition) is 4. The van der Waals surface area contributed by atoms with Crippen LogP contribution in [0.3, 0.4) is 0 Å². The van der Waals surface area contributed by atoms with Crippen LogP contribution in [-0.2, 0) is 30.9 Å². The Kier molecular flexibility index (Phi) is 7.73. The van der Waals surface area contributed by atoms with Crippen molar-refractivity contribution in [1.82, 2.24) is 0 Å². The maximum atomic E-state index is 9.00. The first kappa shape index (κ1) is 18.3. The monoisotopic (exact) mass is 486 g/mol. The molecule has 0 aliphatic rings. The van der Waals surface area contributed by atoms with Gasteiger partial charge < -0.3 is 5.11 Å². The second-order valence-electron chi connectivity index (χ2n) is 4.80. The zero-order valence-corrected chi connectivity index (χ0v) is 18.5. The second kappa shape index (κ2) is 9.30. The van der Waals surface area contributed by atoms with Crippen LogP contribution in [0, 0.1) is 0 Å². The fourth-order valence-electron chi connectivity index (χ4n) is 1.50. The summed E-state index contributed by atoms with van der Waals surface area (Å²) < 4.78 is 1.42. The molecule has 2 rings (SSSR count). The first-order valence-electron chi connectivity index (χ1n) is 6.69. The van der Waals surface area contributed by atoms with Crippen LogP contribution >= 0.6 is 0 Å². The van der Waals surface area contributed by atoms with Crippen LogP contribution in [0.15, 0.2) is 58.8 Å². The van der Waals surface area contributed by atoms with Crippen molar-refractivity contribution >= 4 is 26.1 Å². The van der Waals surface area contributed by atoms with E-state index >= 15 is 0 Å². The quantitative estimate of drug-likeness (QED) is 0.536. The van der Waals surface area contributed by atoms with Crippen molar-refractivity contribution in [2.24, 2.45) is 10.2 Å². The van der Waals surface area contributed by atoms with Crippen LogP contribution in [0.25, 0.3) is 0 Å². The summed E-state index contributed by atoms with van der Waals surface area (Å²) in [4.78, 5) is 11.1. The van der Waals surface area contributed by atoms with Crippen molar-refractivity contribution in [2.45, 2.75) is 6.92 Å². The Labute approximate surface area is 146 Å². The minimum atomic E-state index is -0.833. The Morgan fingerprint density at radius 3 is 1.68 bits per heavy atom. The third kappa shape index (κ3) is 7.31. The van der Waals surface area contributed by atoms with Gasteiger partial charge in [0.1, 0.15) is 0 Å². The predicted molar refractivity (Wildman–Crippen MR) is 84.3 cm³/mol. The minimum absolute atomic E-state index is 0.678. The molecule has 0 heterocycles. The van der Waals surface area contributed by atoms with Crippen LogP contribution in [0.4, 0.5) is 17.1 Å². The maximum absolute atomic E-state index is 9.00. The number of azo groups is 1. The van der Waals surface area contributed by atoms with Gasteiger partial charge in [-0.15, -0.1) is 0 Å². The van der Waals surface area contributed by atoms with E-state index in [1.165, 1.54) is 3.07 Å². The Bertz CT molecular complexity index is 619. The van der Waals surface area contributed by atoms with Crippen molar-refractivity contribution in [3.8, 4) is 0 Å². The summed E-state index contributed by atoms with van der Waals surface area (Å²) in [6.07, 6.45) is 0. The number of carbonyl (C=O) groups is 1. The Balaban J connectivity index is 0.000000541. The molecular weight excluding hydrogens is 467 g/mol. The number of benzene rings is 2. The van der Waals surface area contributed by atoms with E-state index in [4.69, 9.17) is 9.90 Å². The molecule has 5 nitrogen and oxygen atoms in total. The van der Waals surface area contributed by atoms with Crippen molar-refractivity contribution in [3.63, 3.8) is 0 Å². The summed E-state index contributed by atoms with van der Waals surface area (Å²) in [6, 6.07) is 16.3. The van der Waals surface area contributed by atoms with E-state index in [2.05, 4.69) is 27.3 Å². The summed E-state index contributed by atoms with van der Waals surface area (Å²) in [5, 5.41) is 15.9. The van der Waals surface area contributed by atoms with Gasteiger partial charge in [-0.2, -0.15) is 0 Å². The summed E-state index contributed by atoms with van der Waals surface area (Å²) in [5.74, 6) is -0.833. The van der Waals surface area contributed by atoms with Crippen LogP contribution in [0.1, 0.15) is 6.92 Å². The molecule has 0 aliphatic carbocycles. The normalized spacial score (nSPS) is 10.0. The second-order valence-corrected chi connectivity index (χ2v) is 7.97. The third-order valence-electron chi connectivity index (χ3n) is 2.58. The van der Waals surface area contributed by atoms with Crippen molar-refractivity contribution in [2.75, 3.05) is 19.0 Å². The fourth-order valence-corrected chi connectivity index (χ4v) is 2.41. The van der Waals surface area contributed by atoms with E-state index in [0.717, 1.165) is 24.0 Å². The van der Waals surface area contributed by atoms with Gasteiger partial charge in [0.05, 0.1) is 0 Å². The fraction of sp³-hybridized carbons (Fsp3) is 0.188. The number of carboxylic acid groups (broad SMARTS) is 1. The first-order valence-corrected chi connectivity index (χ1v) is 9.44. The number of hydrogen-bond donors (Lipinski definition) is 1. The molecule has 0 radical (unpaired) electrons. The van der Waals surface area contributed by atoms with Gasteiger partial charge in [0.15, 0.2) is 0 Å². The van der Waals surface area contributed by atoms with E-state index in [0.29, 0.717) is 26.1 Å². The number of anilines is 1. The van der Waals surface area contributed by atoms with Gasteiger partial charge in [0, 0.05) is 6.92 Å². The van der Waals surface area contributed by atoms with Crippen molar-refractivity contribution < 1.29 is 36.0 Å². The van der Waals surface area contributed by atoms with E-state index in [1.807, 2.05) is 50.5 Å². The van der Waals surface area contributed by atoms with Gasteiger partial charge in [-0.3, -0.25) is 4.79 Å². The topological polar surface area (TPSA) is 65.3 Å². The van der Waals surface area contributed by atoms with Crippen LogP contribution < -0.4 is 7.97 Å². The molecule has 0 atom stereocenters. The molecule has 0 saturated carbocycles. The Morgan fingerprint density at radius 1 is 0.955 bits per heavy atom. The number of aliphatic carboxylic acids is 1. The van der Waals surface area contributed by atoms with Gasteiger partial charge in [-0.25, -0.2) is 0 Å². The van der Waals surface area contributed by atoms with E-state index in [9.17, 15) is 0 Å². The van der Waals surface area contributed by atoms with Crippen LogP contribution in [-0.4, -0.2) is 25.2 Å². The molecule has 0 saturated heterocycles. The molecule has 2 aromatic carbocycles. The molecule has 0 fully saturated rings. The summed E-state index contributed by atoms with van der Waals surface area (Å²) in [7, 11) is 4.04. The van der Waals surface area contributed by atoms with Gasteiger partial charge in [-0.1, -0.05) is 0 Å². The summed E-state index contributed by atoms with van der Waals surface area (Å²) in [6.45, 7) is 1.08. The summed E-state index contributed by atoms with van der Waals surface area (Å²) in [5.41, 5.74) is 2.94. The molecule has 22 heavy (non-hydrogen) atoms. The predicted octanol–water partition coefficient (Wildman–Crippen LogP) is 3.43. The average molecular weight is 485 g/mol. The molecule has 111 valence electrons. The molecule has 0 spiro atoms. The van der Waals surface area contributed by atoms with Gasteiger partial charge >= 0.3 is 124 Å². The standard InChI is InChI=1S/C14H14N3.C2H4O2.Hg/c1-17(2)14-10-8-13(9-11-14)16-15-12-6-4-3-5-7-12;1-2(3)4;/h4-11H,1-2H3;1H3,(H,3,4);. The van der Waals surface area contributed by atoms with Gasteiger partial charge in [-0.05, 0) is 0 Å². The molecular formula is C16H18HgN3O2. The molecule has 1 N–H and O–H groups in total. The molecule has 0 aromatic heterocycles. The molecule has 0 aliphatic heterocycles. The van der Waals surface area contributed by atoms with E-state index in [1.54, 1.807) is 0 Å². The van der Waals surface area contributed by atoms with Crippen LogP contribution in [0.2, 0.25) is 0 Å². The average Bonchev–Trinajstić information content (AvgIpc) is 2.46. The molecule has 0 unspecified atom stereocenters. The number of rotatable bonds is 3. The van der Waals surface area contributed by atoms with Crippen LogP contribution in [0.5, 0.6) is 0 Å². The van der Waals surface area contributed by atoms with E-state index in [-0.39, 0.29) is 0 Å². The van der Waals surface area contributed by atoms with E-state index < -0.39 is 5.97 Å².